The van der Waals surface area contributed by atoms with Crippen molar-refractivity contribution in [2.75, 3.05) is 6.54 Å². The van der Waals surface area contributed by atoms with Gasteiger partial charge in [0.05, 0.1) is 12.5 Å². The average molecular weight is 284 g/mol. The highest BCUT2D eigenvalue weighted by Gasteiger charge is 2.36. The monoisotopic (exact) mass is 284 g/mol. The number of carbonyl (C=O) groups excluding carboxylic acids is 1. The van der Waals surface area contributed by atoms with E-state index in [1.807, 2.05) is 20.8 Å². The molecule has 0 aliphatic carbocycles. The summed E-state index contributed by atoms with van der Waals surface area (Å²) in [6.45, 7) is 10.4. The molecule has 3 atom stereocenters. The molecule has 1 heterocycles. The summed E-state index contributed by atoms with van der Waals surface area (Å²) in [5, 5.41) is 8.81. The quantitative estimate of drug-likeness (QED) is 0.810. The Labute approximate surface area is 121 Å². The molecule has 0 radical (unpaired) electrons. The Morgan fingerprint density at radius 3 is 2.10 bits per heavy atom. The van der Waals surface area contributed by atoms with E-state index in [1.54, 1.807) is 4.90 Å². The van der Waals surface area contributed by atoms with E-state index >= 15 is 0 Å². The largest absolute Gasteiger partial charge is 0.481 e. The van der Waals surface area contributed by atoms with Gasteiger partial charge in [0.2, 0.25) is 5.91 Å². The molecule has 0 aromatic carbocycles. The van der Waals surface area contributed by atoms with Crippen LogP contribution in [0, 0.1) is 0 Å². The van der Waals surface area contributed by atoms with Gasteiger partial charge in [0, 0.05) is 24.7 Å². The van der Waals surface area contributed by atoms with E-state index in [-0.39, 0.29) is 31.0 Å². The molecule has 0 bridgehead atoms. The number of rotatable bonds is 6. The van der Waals surface area contributed by atoms with Gasteiger partial charge >= 0.3 is 5.97 Å². The lowest BCUT2D eigenvalue weighted by Crippen LogP contribution is -2.52. The van der Waals surface area contributed by atoms with Gasteiger partial charge in [-0.05, 0) is 47.5 Å². The fourth-order valence-electron chi connectivity index (χ4n) is 3.18. The van der Waals surface area contributed by atoms with Gasteiger partial charge in [0.1, 0.15) is 0 Å². The highest BCUT2D eigenvalue weighted by atomic mass is 16.4. The van der Waals surface area contributed by atoms with Crippen molar-refractivity contribution in [2.45, 2.75) is 78.0 Å². The molecule has 1 aliphatic heterocycles. The lowest BCUT2D eigenvalue weighted by Gasteiger charge is -2.36. The summed E-state index contributed by atoms with van der Waals surface area (Å²) in [5.74, 6) is -0.819. The molecule has 3 unspecified atom stereocenters. The summed E-state index contributed by atoms with van der Waals surface area (Å²) in [6.07, 6.45) is 2.24. The molecule has 116 valence electrons. The van der Waals surface area contributed by atoms with Gasteiger partial charge in [0.25, 0.3) is 0 Å². The van der Waals surface area contributed by atoms with Crippen molar-refractivity contribution < 1.29 is 14.7 Å². The highest BCUT2D eigenvalue weighted by Crippen LogP contribution is 2.26. The third-order valence-corrected chi connectivity index (χ3v) is 4.30. The van der Waals surface area contributed by atoms with Gasteiger partial charge in [-0.2, -0.15) is 0 Å². The van der Waals surface area contributed by atoms with Crippen LogP contribution < -0.4 is 0 Å². The van der Waals surface area contributed by atoms with Crippen LogP contribution in [-0.2, 0) is 9.59 Å². The molecule has 1 fully saturated rings. The molecule has 0 aromatic rings. The fraction of sp³-hybridized carbons (Fsp3) is 0.867. The highest BCUT2D eigenvalue weighted by molar-refractivity contribution is 5.82. The molecule has 5 nitrogen and oxygen atoms in total. The van der Waals surface area contributed by atoms with Crippen molar-refractivity contribution in [1.29, 1.82) is 0 Å². The van der Waals surface area contributed by atoms with Crippen LogP contribution in [0.5, 0.6) is 0 Å². The molecule has 0 aromatic heterocycles. The third-order valence-electron chi connectivity index (χ3n) is 4.30. The van der Waals surface area contributed by atoms with E-state index < -0.39 is 5.97 Å². The first kappa shape index (κ1) is 17.0. The van der Waals surface area contributed by atoms with Gasteiger partial charge in [-0.1, -0.05) is 0 Å². The molecular formula is C15H28N2O3. The molecule has 1 N–H and O–H groups in total. The van der Waals surface area contributed by atoms with Crippen molar-refractivity contribution in [3.05, 3.63) is 0 Å². The van der Waals surface area contributed by atoms with E-state index in [0.717, 1.165) is 12.8 Å². The van der Waals surface area contributed by atoms with Crippen LogP contribution in [0.3, 0.4) is 0 Å². The number of hydrogen-bond donors (Lipinski definition) is 1. The van der Waals surface area contributed by atoms with Gasteiger partial charge in [-0.3, -0.25) is 14.5 Å². The number of amides is 1. The molecule has 1 amide bonds. The molecule has 5 heteroatoms. The van der Waals surface area contributed by atoms with E-state index in [2.05, 4.69) is 18.7 Å². The number of likely N-dealkylation sites (tertiary alicyclic amines) is 1. The predicted octanol–water partition coefficient (Wildman–Crippen LogP) is 1.96. The van der Waals surface area contributed by atoms with Gasteiger partial charge < -0.3 is 10.0 Å². The topological polar surface area (TPSA) is 60.9 Å². The summed E-state index contributed by atoms with van der Waals surface area (Å²) >= 11 is 0. The maximum atomic E-state index is 12.7. The second-order valence-electron chi connectivity index (χ2n) is 6.17. The molecule has 20 heavy (non-hydrogen) atoms. The van der Waals surface area contributed by atoms with Crippen LogP contribution in [0.25, 0.3) is 0 Å². The molecule has 1 rings (SSSR count). The number of carboxylic acids is 1. The maximum Gasteiger partial charge on any atom is 0.305 e. The van der Waals surface area contributed by atoms with E-state index in [1.165, 1.54) is 0 Å². The van der Waals surface area contributed by atoms with Crippen LogP contribution in [0.2, 0.25) is 0 Å². The fourth-order valence-corrected chi connectivity index (χ4v) is 3.18. The first-order chi connectivity index (χ1) is 9.25. The maximum absolute atomic E-state index is 12.7. The van der Waals surface area contributed by atoms with Crippen molar-refractivity contribution in [3.8, 4) is 0 Å². The second-order valence-corrected chi connectivity index (χ2v) is 6.17. The first-order valence-corrected chi connectivity index (χ1v) is 7.55. The third kappa shape index (κ3) is 3.95. The second kappa shape index (κ2) is 7.07. The molecular weight excluding hydrogens is 256 g/mol. The number of carboxylic acid groups (broad SMARTS) is 1. The van der Waals surface area contributed by atoms with Crippen molar-refractivity contribution in [2.24, 2.45) is 0 Å². The van der Waals surface area contributed by atoms with Crippen LogP contribution in [0.4, 0.5) is 0 Å². The summed E-state index contributed by atoms with van der Waals surface area (Å²) in [5.41, 5.74) is 0. The SMILES string of the molecule is CC(C)N(CCC(=O)O)C(=O)C(C)N1C(C)CCC1C. The smallest absolute Gasteiger partial charge is 0.305 e. The van der Waals surface area contributed by atoms with E-state index in [9.17, 15) is 9.59 Å². The summed E-state index contributed by atoms with van der Waals surface area (Å²) < 4.78 is 0. The lowest BCUT2D eigenvalue weighted by atomic mass is 10.1. The van der Waals surface area contributed by atoms with E-state index in [0.29, 0.717) is 12.1 Å². The molecule has 1 aliphatic rings. The molecule has 1 saturated heterocycles. The lowest BCUT2D eigenvalue weighted by molar-refractivity contribution is -0.142. The van der Waals surface area contributed by atoms with Crippen LogP contribution in [-0.4, -0.2) is 57.5 Å². The van der Waals surface area contributed by atoms with Gasteiger partial charge in [-0.25, -0.2) is 0 Å². The zero-order chi connectivity index (χ0) is 15.4. The minimum absolute atomic E-state index is 0.00173. The standard InChI is InChI=1S/C15H28N2O3/c1-10(2)16(9-8-14(18)19)15(20)13(5)17-11(3)6-7-12(17)4/h10-13H,6-9H2,1-5H3,(H,18,19). The minimum atomic E-state index is -0.862. The van der Waals surface area contributed by atoms with Crippen molar-refractivity contribution >= 4 is 11.9 Å². The van der Waals surface area contributed by atoms with Gasteiger partial charge in [-0.15, -0.1) is 0 Å². The Hall–Kier alpha value is -1.10. The Morgan fingerprint density at radius 1 is 1.20 bits per heavy atom. The van der Waals surface area contributed by atoms with Crippen LogP contribution >= 0.6 is 0 Å². The Kier molecular flexibility index (Phi) is 5.99. The Bertz CT molecular complexity index is 347. The van der Waals surface area contributed by atoms with E-state index in [4.69, 9.17) is 5.11 Å². The summed E-state index contributed by atoms with van der Waals surface area (Å²) in [4.78, 5) is 27.4. The molecule has 0 saturated carbocycles. The number of carbonyl (C=O) groups is 2. The zero-order valence-corrected chi connectivity index (χ0v) is 13.3. The molecule has 0 spiro atoms. The minimum Gasteiger partial charge on any atom is -0.481 e. The van der Waals surface area contributed by atoms with Gasteiger partial charge in [0.15, 0.2) is 0 Å². The van der Waals surface area contributed by atoms with Crippen molar-refractivity contribution in [3.63, 3.8) is 0 Å². The summed E-state index contributed by atoms with van der Waals surface area (Å²) in [6, 6.07) is 0.672. The summed E-state index contributed by atoms with van der Waals surface area (Å²) in [7, 11) is 0. The average Bonchev–Trinajstić information content (AvgIpc) is 2.67. The van der Waals surface area contributed by atoms with Crippen molar-refractivity contribution in [1.82, 2.24) is 9.80 Å². The van der Waals surface area contributed by atoms with Crippen LogP contribution in [0.1, 0.15) is 53.9 Å². The Morgan fingerprint density at radius 2 is 1.70 bits per heavy atom. The Balaban J connectivity index is 2.75. The number of aliphatic carboxylic acids is 1. The normalized spacial score (nSPS) is 24.9. The predicted molar refractivity (Wildman–Crippen MR) is 78.6 cm³/mol. The number of nitrogens with zero attached hydrogens (tertiary/aromatic N) is 2. The first-order valence-electron chi connectivity index (χ1n) is 7.55. The zero-order valence-electron chi connectivity index (χ0n) is 13.3. The number of hydrogen-bond acceptors (Lipinski definition) is 3. The van der Waals surface area contributed by atoms with Crippen LogP contribution in [0.15, 0.2) is 0 Å².